The van der Waals surface area contributed by atoms with Gasteiger partial charge in [-0.3, -0.25) is 4.40 Å². The fourth-order valence-electron chi connectivity index (χ4n) is 2.85. The Morgan fingerprint density at radius 2 is 2.00 bits per heavy atom. The lowest BCUT2D eigenvalue weighted by atomic mass is 10.2. The standard InChI is InChI=1S/C16H22N6O/c1-10-7-11(2)22-14(9-18-16(22)19-10)8-17-15-12(3)13(4)20-21(15)5-6-23/h7,9,17,23H,5-6,8H2,1-4H3. The van der Waals surface area contributed by atoms with Crippen LogP contribution in [0.3, 0.4) is 0 Å². The molecule has 0 bridgehead atoms. The van der Waals surface area contributed by atoms with Gasteiger partial charge in [-0.25, -0.2) is 14.6 Å². The second kappa shape index (κ2) is 6.00. The lowest BCUT2D eigenvalue weighted by Crippen LogP contribution is -2.12. The van der Waals surface area contributed by atoms with E-state index in [-0.39, 0.29) is 6.61 Å². The summed E-state index contributed by atoms with van der Waals surface area (Å²) in [4.78, 5) is 8.84. The van der Waals surface area contributed by atoms with Gasteiger partial charge in [-0.2, -0.15) is 5.10 Å². The molecule has 0 saturated carbocycles. The summed E-state index contributed by atoms with van der Waals surface area (Å²) >= 11 is 0. The predicted molar refractivity (Wildman–Crippen MR) is 88.6 cm³/mol. The normalized spacial score (nSPS) is 11.3. The van der Waals surface area contributed by atoms with Crippen molar-refractivity contribution in [2.45, 2.75) is 40.8 Å². The van der Waals surface area contributed by atoms with Crippen molar-refractivity contribution in [2.24, 2.45) is 0 Å². The Bertz CT molecular complexity index is 848. The Labute approximate surface area is 135 Å². The van der Waals surface area contributed by atoms with Gasteiger partial charge in [-0.1, -0.05) is 0 Å². The molecule has 7 nitrogen and oxygen atoms in total. The minimum atomic E-state index is 0.0627. The van der Waals surface area contributed by atoms with E-state index in [2.05, 4.69) is 31.7 Å². The van der Waals surface area contributed by atoms with Crippen molar-refractivity contribution < 1.29 is 5.11 Å². The number of fused-ring (bicyclic) bond motifs is 1. The van der Waals surface area contributed by atoms with Gasteiger partial charge >= 0.3 is 0 Å². The molecule has 0 aliphatic carbocycles. The predicted octanol–water partition coefficient (Wildman–Crippen LogP) is 1.76. The lowest BCUT2D eigenvalue weighted by molar-refractivity contribution is 0.270. The third-order valence-electron chi connectivity index (χ3n) is 4.04. The molecule has 122 valence electrons. The number of aliphatic hydroxyl groups is 1. The van der Waals surface area contributed by atoms with E-state index in [0.29, 0.717) is 13.1 Å². The molecule has 0 radical (unpaired) electrons. The van der Waals surface area contributed by atoms with Crippen LogP contribution in [-0.2, 0) is 13.1 Å². The molecule has 0 fully saturated rings. The highest BCUT2D eigenvalue weighted by molar-refractivity contribution is 5.47. The number of hydrogen-bond acceptors (Lipinski definition) is 5. The molecular formula is C16H22N6O. The third kappa shape index (κ3) is 2.79. The molecule has 0 unspecified atom stereocenters. The molecule has 3 aromatic rings. The summed E-state index contributed by atoms with van der Waals surface area (Å²) in [5.74, 6) is 1.65. The zero-order valence-electron chi connectivity index (χ0n) is 14.0. The molecule has 23 heavy (non-hydrogen) atoms. The van der Waals surface area contributed by atoms with Gasteiger partial charge in [0.15, 0.2) is 0 Å². The first kappa shape index (κ1) is 15.5. The van der Waals surface area contributed by atoms with E-state index >= 15 is 0 Å². The first-order chi connectivity index (χ1) is 11.0. The van der Waals surface area contributed by atoms with Crippen molar-refractivity contribution >= 4 is 11.6 Å². The van der Waals surface area contributed by atoms with Crippen LogP contribution in [0.25, 0.3) is 5.78 Å². The average Bonchev–Trinajstić information content (AvgIpc) is 3.00. The quantitative estimate of drug-likeness (QED) is 0.750. The van der Waals surface area contributed by atoms with Crippen LogP contribution in [-0.4, -0.2) is 35.9 Å². The van der Waals surface area contributed by atoms with Gasteiger partial charge in [0, 0.05) is 17.0 Å². The highest BCUT2D eigenvalue weighted by Gasteiger charge is 2.13. The average molecular weight is 314 g/mol. The van der Waals surface area contributed by atoms with Gasteiger partial charge in [0.25, 0.3) is 0 Å². The second-order valence-corrected chi connectivity index (χ2v) is 5.78. The largest absolute Gasteiger partial charge is 0.394 e. The Balaban J connectivity index is 1.90. The maximum atomic E-state index is 9.19. The van der Waals surface area contributed by atoms with Crippen LogP contribution in [0, 0.1) is 27.7 Å². The summed E-state index contributed by atoms with van der Waals surface area (Å²) < 4.78 is 3.86. The van der Waals surface area contributed by atoms with Crippen LogP contribution >= 0.6 is 0 Å². The topological polar surface area (TPSA) is 80.3 Å². The monoisotopic (exact) mass is 314 g/mol. The van der Waals surface area contributed by atoms with Crippen molar-refractivity contribution in [3.8, 4) is 0 Å². The van der Waals surface area contributed by atoms with E-state index in [0.717, 1.165) is 39.9 Å². The number of aryl methyl sites for hydroxylation is 3. The molecule has 3 aromatic heterocycles. The number of rotatable bonds is 5. The number of hydrogen-bond donors (Lipinski definition) is 2. The molecule has 2 N–H and O–H groups in total. The van der Waals surface area contributed by atoms with Crippen LogP contribution in [0.15, 0.2) is 12.3 Å². The molecule has 3 rings (SSSR count). The van der Waals surface area contributed by atoms with Gasteiger partial charge in [0.05, 0.1) is 37.3 Å². The van der Waals surface area contributed by atoms with Crippen molar-refractivity contribution in [2.75, 3.05) is 11.9 Å². The maximum Gasteiger partial charge on any atom is 0.234 e. The van der Waals surface area contributed by atoms with Crippen LogP contribution in [0.5, 0.6) is 0 Å². The maximum absolute atomic E-state index is 9.19. The Morgan fingerprint density at radius 3 is 2.74 bits per heavy atom. The molecule has 0 aliphatic heterocycles. The summed E-state index contributed by atoms with van der Waals surface area (Å²) in [5.41, 5.74) is 5.18. The number of imidazole rings is 1. The molecule has 0 amide bonds. The van der Waals surface area contributed by atoms with Crippen LogP contribution in [0.1, 0.15) is 28.3 Å². The van der Waals surface area contributed by atoms with Crippen molar-refractivity contribution in [3.05, 3.63) is 40.6 Å². The van der Waals surface area contributed by atoms with Gasteiger partial charge in [-0.15, -0.1) is 0 Å². The summed E-state index contributed by atoms with van der Waals surface area (Å²) in [7, 11) is 0. The fraction of sp³-hybridized carbons (Fsp3) is 0.438. The fourth-order valence-corrected chi connectivity index (χ4v) is 2.85. The van der Waals surface area contributed by atoms with Crippen LogP contribution in [0.4, 0.5) is 5.82 Å². The van der Waals surface area contributed by atoms with Crippen molar-refractivity contribution in [3.63, 3.8) is 0 Å². The summed E-state index contributed by atoms with van der Waals surface area (Å²) in [6.07, 6.45) is 1.84. The van der Waals surface area contributed by atoms with E-state index in [4.69, 9.17) is 0 Å². The summed E-state index contributed by atoms with van der Waals surface area (Å²) in [6, 6.07) is 2.05. The van der Waals surface area contributed by atoms with E-state index in [9.17, 15) is 5.11 Å². The van der Waals surface area contributed by atoms with E-state index in [1.807, 2.05) is 37.7 Å². The number of anilines is 1. The molecule has 3 heterocycles. The Morgan fingerprint density at radius 1 is 1.22 bits per heavy atom. The summed E-state index contributed by atoms with van der Waals surface area (Å²) in [5, 5.41) is 17.1. The highest BCUT2D eigenvalue weighted by atomic mass is 16.3. The minimum absolute atomic E-state index is 0.0627. The molecule has 0 spiro atoms. The summed E-state index contributed by atoms with van der Waals surface area (Å²) in [6.45, 7) is 9.18. The second-order valence-electron chi connectivity index (χ2n) is 5.78. The lowest BCUT2D eigenvalue weighted by Gasteiger charge is -2.11. The first-order valence-corrected chi connectivity index (χ1v) is 7.70. The van der Waals surface area contributed by atoms with E-state index in [1.165, 1.54) is 0 Å². The number of aliphatic hydroxyl groups excluding tert-OH is 1. The third-order valence-corrected chi connectivity index (χ3v) is 4.04. The van der Waals surface area contributed by atoms with Crippen LogP contribution in [0.2, 0.25) is 0 Å². The van der Waals surface area contributed by atoms with Crippen molar-refractivity contribution in [1.82, 2.24) is 24.1 Å². The van der Waals surface area contributed by atoms with E-state index < -0.39 is 0 Å². The molecule has 7 heteroatoms. The Hall–Kier alpha value is -2.41. The smallest absolute Gasteiger partial charge is 0.234 e. The Kier molecular flexibility index (Phi) is 4.04. The minimum Gasteiger partial charge on any atom is -0.394 e. The number of nitrogens with one attached hydrogen (secondary N) is 1. The molecule has 0 aromatic carbocycles. The van der Waals surface area contributed by atoms with Crippen LogP contribution < -0.4 is 5.32 Å². The highest BCUT2D eigenvalue weighted by Crippen LogP contribution is 2.19. The zero-order valence-corrected chi connectivity index (χ0v) is 14.0. The number of aromatic nitrogens is 5. The zero-order chi connectivity index (χ0) is 16.6. The first-order valence-electron chi connectivity index (χ1n) is 7.70. The molecule has 0 aliphatic rings. The molecule has 0 atom stereocenters. The van der Waals surface area contributed by atoms with Gasteiger partial charge in [0.1, 0.15) is 5.82 Å². The van der Waals surface area contributed by atoms with Gasteiger partial charge in [-0.05, 0) is 33.8 Å². The SMILES string of the molecule is Cc1cc(C)n2c(CNc3c(C)c(C)nn3CCO)cnc2n1. The van der Waals surface area contributed by atoms with Crippen molar-refractivity contribution in [1.29, 1.82) is 0 Å². The molecular weight excluding hydrogens is 292 g/mol. The van der Waals surface area contributed by atoms with Gasteiger partial charge < -0.3 is 10.4 Å². The molecule has 0 saturated heterocycles. The van der Waals surface area contributed by atoms with E-state index in [1.54, 1.807) is 0 Å². The number of nitrogens with zero attached hydrogens (tertiary/aromatic N) is 5. The van der Waals surface area contributed by atoms with Gasteiger partial charge in [0.2, 0.25) is 5.78 Å².